The molecular weight excluding hydrogens is 861 g/mol. The molecule has 2 saturated heterocycles. The highest BCUT2D eigenvalue weighted by atomic mass is 35.5. The average molecular weight is 919 g/mol. The van der Waals surface area contributed by atoms with Crippen molar-refractivity contribution in [3.05, 3.63) is 129 Å². The fraction of sp³-hybridized carbons (Fsp3) is 0.370. The van der Waals surface area contributed by atoms with Crippen LogP contribution in [0.25, 0.3) is 0 Å². The van der Waals surface area contributed by atoms with Gasteiger partial charge in [-0.05, 0) is 84.3 Å². The standard InChI is InChI=1S/C24H30ClN5O4.C22H27ClN4O3/c1-2-16-7-9-18(10-8-16)29-24(33)34-15-20-11-19(28-22(31)12-26)14-30(20)23(32)27-13-17-5-3-4-6-21(17)25;1-2-15-7-9-18(10-8-15)26-22(29)30-14-19-11-17(24)13-27(19)21(28)25-12-16-5-3-4-6-20(16)23/h3-10,19-20H,2,11-15,26H2,1H3,(H,27,32)(H,28,31)(H,29,33);3-10,17,19H,2,11-14,24H2,1H3,(H,25,28)(H,26,29)/t19-,20+;17-,19+/m11/s1. The van der Waals surface area contributed by atoms with E-state index in [1.54, 1.807) is 21.9 Å². The Hall–Kier alpha value is -6.07. The van der Waals surface area contributed by atoms with E-state index in [4.69, 9.17) is 44.1 Å². The number of anilines is 2. The van der Waals surface area contributed by atoms with Crippen molar-refractivity contribution < 1.29 is 33.4 Å². The lowest BCUT2D eigenvalue weighted by Gasteiger charge is -2.24. The van der Waals surface area contributed by atoms with Crippen LogP contribution in [0.3, 0.4) is 0 Å². The molecule has 0 aliphatic carbocycles. The van der Waals surface area contributed by atoms with E-state index in [1.165, 1.54) is 5.56 Å². The molecule has 0 unspecified atom stereocenters. The molecule has 0 saturated carbocycles. The Bertz CT molecular complexity index is 2180. The van der Waals surface area contributed by atoms with E-state index < -0.39 is 18.2 Å². The third-order valence-electron chi connectivity index (χ3n) is 10.7. The van der Waals surface area contributed by atoms with Crippen molar-refractivity contribution in [2.24, 2.45) is 11.5 Å². The summed E-state index contributed by atoms with van der Waals surface area (Å²) in [6, 6.07) is 27.9. The van der Waals surface area contributed by atoms with Gasteiger partial charge < -0.3 is 46.7 Å². The van der Waals surface area contributed by atoms with Crippen molar-refractivity contribution in [2.45, 2.75) is 76.8 Å². The molecule has 64 heavy (non-hydrogen) atoms. The minimum absolute atomic E-state index is 0.0205. The molecule has 9 N–H and O–H groups in total. The zero-order chi connectivity index (χ0) is 46.0. The van der Waals surface area contributed by atoms with E-state index in [9.17, 15) is 24.0 Å². The quantitative estimate of drug-likeness (QED) is 0.0720. The molecule has 2 fully saturated rings. The lowest BCUT2D eigenvalue weighted by atomic mass is 10.1. The predicted molar refractivity (Wildman–Crippen MR) is 248 cm³/mol. The van der Waals surface area contributed by atoms with Crippen molar-refractivity contribution in [3.63, 3.8) is 0 Å². The summed E-state index contributed by atoms with van der Waals surface area (Å²) >= 11 is 12.3. The SMILES string of the molecule is CCc1ccc(NC(=O)OC[C@@H]2C[C@@H](N)CN2C(=O)NCc2ccccc2Cl)cc1.CCc1ccc(NC(=O)OC[C@@H]2C[C@@H](NC(=O)CN)CN2C(=O)NCc2ccccc2Cl)cc1. The summed E-state index contributed by atoms with van der Waals surface area (Å²) in [5.41, 5.74) is 16.7. The molecule has 18 heteroatoms. The first-order chi connectivity index (χ1) is 30.8. The van der Waals surface area contributed by atoms with Crippen LogP contribution in [0.2, 0.25) is 10.0 Å². The second-order valence-corrected chi connectivity index (χ2v) is 16.2. The fourth-order valence-corrected chi connectivity index (χ4v) is 7.61. The molecule has 2 heterocycles. The number of amides is 7. The zero-order valence-electron chi connectivity index (χ0n) is 36.0. The number of rotatable bonds is 14. The summed E-state index contributed by atoms with van der Waals surface area (Å²) in [6.45, 7) is 5.27. The Kier molecular flexibility index (Phi) is 18.9. The number of aryl methyl sites for hydroxylation is 2. The first kappa shape index (κ1) is 49.0. The van der Waals surface area contributed by atoms with E-state index in [0.717, 1.165) is 29.5 Å². The van der Waals surface area contributed by atoms with Gasteiger partial charge in [-0.3, -0.25) is 15.4 Å². The molecular formula is C46H57Cl2N9O7. The molecule has 16 nitrogen and oxygen atoms in total. The molecule has 0 bridgehead atoms. The third kappa shape index (κ3) is 15.0. The van der Waals surface area contributed by atoms with Gasteiger partial charge in [0.15, 0.2) is 0 Å². The van der Waals surface area contributed by atoms with E-state index in [1.807, 2.05) is 84.9 Å². The van der Waals surface area contributed by atoms with E-state index in [-0.39, 0.29) is 68.9 Å². The van der Waals surface area contributed by atoms with Crippen molar-refractivity contribution in [1.29, 1.82) is 0 Å². The fourth-order valence-electron chi connectivity index (χ4n) is 7.20. The van der Waals surface area contributed by atoms with Gasteiger partial charge in [-0.15, -0.1) is 0 Å². The number of benzene rings is 4. The smallest absolute Gasteiger partial charge is 0.411 e. The molecule has 2 aliphatic heterocycles. The van der Waals surface area contributed by atoms with Gasteiger partial charge >= 0.3 is 24.2 Å². The van der Waals surface area contributed by atoms with Gasteiger partial charge in [0.05, 0.1) is 18.6 Å². The number of nitrogens with zero attached hydrogens (tertiary/aromatic N) is 2. The number of ether oxygens (including phenoxy) is 2. The Balaban J connectivity index is 0.000000243. The molecule has 7 amide bonds. The highest BCUT2D eigenvalue weighted by Gasteiger charge is 2.37. The minimum Gasteiger partial charge on any atom is -0.447 e. The van der Waals surface area contributed by atoms with Gasteiger partial charge in [0.25, 0.3) is 0 Å². The van der Waals surface area contributed by atoms with Crippen LogP contribution in [0, 0.1) is 0 Å². The number of likely N-dealkylation sites (tertiary alicyclic amines) is 2. The van der Waals surface area contributed by atoms with Crippen LogP contribution < -0.4 is 38.1 Å². The number of nitrogens with two attached hydrogens (primary N) is 2. The van der Waals surface area contributed by atoms with Gasteiger partial charge in [0, 0.05) is 59.7 Å². The zero-order valence-corrected chi connectivity index (χ0v) is 37.5. The summed E-state index contributed by atoms with van der Waals surface area (Å²) in [5.74, 6) is -0.309. The molecule has 6 rings (SSSR count). The van der Waals surface area contributed by atoms with Gasteiger partial charge in [-0.25, -0.2) is 19.2 Å². The van der Waals surface area contributed by atoms with Crippen molar-refractivity contribution >= 4 is 64.7 Å². The normalized spacial score (nSPS) is 17.7. The number of urea groups is 2. The van der Waals surface area contributed by atoms with Crippen LogP contribution in [-0.4, -0.2) is 97.0 Å². The van der Waals surface area contributed by atoms with Crippen LogP contribution in [0.15, 0.2) is 97.1 Å². The first-order valence-electron chi connectivity index (χ1n) is 21.2. The summed E-state index contributed by atoms with van der Waals surface area (Å²) in [7, 11) is 0. The number of carbonyl (C=O) groups excluding carboxylic acids is 5. The number of carbonyl (C=O) groups is 5. The number of nitrogens with one attached hydrogen (secondary N) is 5. The van der Waals surface area contributed by atoms with Gasteiger partial charge in [-0.1, -0.05) is 97.7 Å². The first-order valence-corrected chi connectivity index (χ1v) is 22.0. The topological polar surface area (TPSA) is 222 Å². The van der Waals surface area contributed by atoms with E-state index >= 15 is 0 Å². The monoisotopic (exact) mass is 917 g/mol. The number of hydrogen-bond donors (Lipinski definition) is 7. The Morgan fingerprint density at radius 1 is 0.641 bits per heavy atom. The maximum atomic E-state index is 12.9. The molecule has 0 aromatic heterocycles. The average Bonchev–Trinajstić information content (AvgIpc) is 3.89. The second-order valence-electron chi connectivity index (χ2n) is 15.4. The summed E-state index contributed by atoms with van der Waals surface area (Å²) in [4.78, 5) is 64.9. The molecule has 4 aromatic rings. The van der Waals surface area contributed by atoms with E-state index in [2.05, 4.69) is 40.4 Å². The second kappa shape index (κ2) is 24.7. The van der Waals surface area contributed by atoms with Crippen LogP contribution in [0.1, 0.15) is 48.9 Å². The molecule has 0 spiro atoms. The molecule has 0 radical (unpaired) electrons. The van der Waals surface area contributed by atoms with Crippen molar-refractivity contribution in [2.75, 3.05) is 43.5 Å². The summed E-state index contributed by atoms with van der Waals surface area (Å²) in [6.07, 6.45) is 1.66. The van der Waals surface area contributed by atoms with Crippen LogP contribution in [0.5, 0.6) is 0 Å². The highest BCUT2D eigenvalue weighted by Crippen LogP contribution is 2.22. The molecule has 4 atom stereocenters. The van der Waals surface area contributed by atoms with E-state index in [0.29, 0.717) is 47.4 Å². The maximum Gasteiger partial charge on any atom is 0.411 e. The van der Waals surface area contributed by atoms with Gasteiger partial charge in [0.1, 0.15) is 13.2 Å². The lowest BCUT2D eigenvalue weighted by molar-refractivity contribution is -0.120. The Morgan fingerprint density at radius 3 is 1.52 bits per heavy atom. The van der Waals surface area contributed by atoms with Crippen LogP contribution in [0.4, 0.5) is 30.6 Å². The molecule has 4 aromatic carbocycles. The predicted octanol–water partition coefficient (Wildman–Crippen LogP) is 6.64. The van der Waals surface area contributed by atoms with Crippen LogP contribution in [-0.2, 0) is 40.2 Å². The van der Waals surface area contributed by atoms with Gasteiger partial charge in [-0.2, -0.15) is 0 Å². The van der Waals surface area contributed by atoms with Crippen molar-refractivity contribution in [1.82, 2.24) is 25.8 Å². The molecule has 342 valence electrons. The lowest BCUT2D eigenvalue weighted by Crippen LogP contribution is -2.46. The highest BCUT2D eigenvalue weighted by molar-refractivity contribution is 6.31. The minimum atomic E-state index is -0.616. The number of hydrogen-bond acceptors (Lipinski definition) is 9. The third-order valence-corrected chi connectivity index (χ3v) is 11.5. The van der Waals surface area contributed by atoms with Crippen LogP contribution >= 0.6 is 23.2 Å². The maximum absolute atomic E-state index is 12.9. The summed E-state index contributed by atoms with van der Waals surface area (Å²) in [5, 5.41) is 15.0. The summed E-state index contributed by atoms with van der Waals surface area (Å²) < 4.78 is 10.7. The van der Waals surface area contributed by atoms with Crippen molar-refractivity contribution in [3.8, 4) is 0 Å². The number of halogens is 2. The Morgan fingerprint density at radius 2 is 1.08 bits per heavy atom. The molecule has 2 aliphatic rings. The Labute approximate surface area is 383 Å². The van der Waals surface area contributed by atoms with Gasteiger partial charge in [0.2, 0.25) is 5.91 Å². The largest absolute Gasteiger partial charge is 0.447 e.